The minimum absolute atomic E-state index is 0.0667. The van der Waals surface area contributed by atoms with Gasteiger partial charge in [-0.3, -0.25) is 4.79 Å². The Hall–Kier alpha value is -3.72. The SMILES string of the molecule is CC1(C)Cc2c(c(C(=O)Nc3cccc(C(C)(F)F)c3)cc3nc(Nc4c(F)cccc4Cl)[nH]c23)O1. The third-order valence-corrected chi connectivity index (χ3v) is 6.21. The topological polar surface area (TPSA) is 79.0 Å². The second-order valence-electron chi connectivity index (χ2n) is 9.39. The Balaban J connectivity index is 1.54. The van der Waals surface area contributed by atoms with E-state index in [0.29, 0.717) is 23.2 Å². The van der Waals surface area contributed by atoms with Crippen LogP contribution in [0.1, 0.15) is 42.3 Å². The lowest BCUT2D eigenvalue weighted by molar-refractivity contribution is 0.0175. The summed E-state index contributed by atoms with van der Waals surface area (Å²) in [4.78, 5) is 20.9. The molecule has 0 spiro atoms. The molecule has 186 valence electrons. The normalized spacial score (nSPS) is 14.4. The van der Waals surface area contributed by atoms with Gasteiger partial charge in [-0.15, -0.1) is 0 Å². The van der Waals surface area contributed by atoms with Gasteiger partial charge < -0.3 is 20.4 Å². The van der Waals surface area contributed by atoms with E-state index in [1.54, 1.807) is 12.1 Å². The highest BCUT2D eigenvalue weighted by molar-refractivity contribution is 6.33. The van der Waals surface area contributed by atoms with E-state index in [2.05, 4.69) is 20.6 Å². The van der Waals surface area contributed by atoms with Gasteiger partial charge in [-0.25, -0.2) is 18.2 Å². The Morgan fingerprint density at radius 3 is 2.67 bits per heavy atom. The van der Waals surface area contributed by atoms with Gasteiger partial charge in [-0.1, -0.05) is 29.8 Å². The number of alkyl halides is 2. The molecule has 0 fully saturated rings. The van der Waals surface area contributed by atoms with E-state index in [1.165, 1.54) is 36.4 Å². The molecule has 0 aliphatic carbocycles. The Kier molecular flexibility index (Phi) is 5.63. The van der Waals surface area contributed by atoms with Crippen molar-refractivity contribution in [3.8, 4) is 5.75 Å². The van der Waals surface area contributed by atoms with Crippen molar-refractivity contribution in [3.63, 3.8) is 0 Å². The number of amides is 1. The summed E-state index contributed by atoms with van der Waals surface area (Å²) in [7, 11) is 0. The fourth-order valence-electron chi connectivity index (χ4n) is 4.25. The predicted octanol–water partition coefficient (Wildman–Crippen LogP) is 7.18. The summed E-state index contributed by atoms with van der Waals surface area (Å²) in [5.41, 5.74) is 1.51. The number of aromatic amines is 1. The van der Waals surface area contributed by atoms with Crippen molar-refractivity contribution in [2.75, 3.05) is 10.6 Å². The number of H-pyrrole nitrogens is 1. The highest BCUT2D eigenvalue weighted by Crippen LogP contribution is 2.43. The van der Waals surface area contributed by atoms with Crippen molar-refractivity contribution in [2.45, 2.75) is 38.7 Å². The van der Waals surface area contributed by atoms with E-state index in [0.717, 1.165) is 12.5 Å². The van der Waals surface area contributed by atoms with Gasteiger partial charge in [0.15, 0.2) is 0 Å². The number of nitrogens with zero attached hydrogens (tertiary/aromatic N) is 1. The standard InChI is InChI=1S/C26H22ClF3N4O2/c1-25(2)12-16-20-19(32-24(33-20)34-21-17(27)8-5-9-18(21)28)11-15(22(16)36-25)23(35)31-14-7-4-6-13(10-14)26(3,29)30/h4-11H,12H2,1-3H3,(H,31,35)(H2,32,33,34). The fourth-order valence-corrected chi connectivity index (χ4v) is 4.47. The second kappa shape index (κ2) is 8.44. The number of carbonyl (C=O) groups excluding carboxylic acids is 1. The van der Waals surface area contributed by atoms with Crippen LogP contribution < -0.4 is 15.4 Å². The Morgan fingerprint density at radius 1 is 1.19 bits per heavy atom. The summed E-state index contributed by atoms with van der Waals surface area (Å²) in [6, 6.07) is 11.4. The first-order valence-electron chi connectivity index (χ1n) is 11.2. The van der Waals surface area contributed by atoms with E-state index >= 15 is 0 Å². The van der Waals surface area contributed by atoms with E-state index in [9.17, 15) is 18.0 Å². The number of nitrogens with one attached hydrogen (secondary N) is 3. The molecular formula is C26H22ClF3N4O2. The number of ether oxygens (including phenoxy) is 1. The quantitative estimate of drug-likeness (QED) is 0.263. The van der Waals surface area contributed by atoms with E-state index in [4.69, 9.17) is 16.3 Å². The van der Waals surface area contributed by atoms with Gasteiger partial charge in [0, 0.05) is 30.2 Å². The fraction of sp³-hybridized carbons (Fsp3) is 0.231. The third-order valence-electron chi connectivity index (χ3n) is 5.89. The molecule has 0 saturated carbocycles. The van der Waals surface area contributed by atoms with Crippen LogP contribution in [0.15, 0.2) is 48.5 Å². The molecule has 1 aliphatic heterocycles. The minimum atomic E-state index is -3.05. The monoisotopic (exact) mass is 514 g/mol. The minimum Gasteiger partial charge on any atom is -0.486 e. The third kappa shape index (κ3) is 4.46. The molecule has 1 aliphatic rings. The lowest BCUT2D eigenvalue weighted by atomic mass is 9.98. The van der Waals surface area contributed by atoms with Gasteiger partial charge in [-0.2, -0.15) is 0 Å². The molecular weight excluding hydrogens is 493 g/mol. The van der Waals surface area contributed by atoms with Gasteiger partial charge in [0.05, 0.1) is 27.3 Å². The zero-order valence-electron chi connectivity index (χ0n) is 19.6. The van der Waals surface area contributed by atoms with Crippen molar-refractivity contribution in [3.05, 3.63) is 76.1 Å². The molecule has 1 amide bonds. The number of anilines is 3. The first-order valence-corrected chi connectivity index (χ1v) is 11.5. The van der Waals surface area contributed by atoms with Crippen LogP contribution in [-0.2, 0) is 12.3 Å². The van der Waals surface area contributed by atoms with Gasteiger partial charge >= 0.3 is 0 Å². The average molecular weight is 515 g/mol. The molecule has 3 N–H and O–H groups in total. The summed E-state index contributed by atoms with van der Waals surface area (Å²) >= 11 is 6.13. The van der Waals surface area contributed by atoms with Crippen LogP contribution in [0.5, 0.6) is 5.75 Å². The average Bonchev–Trinajstić information content (AvgIpc) is 3.34. The smallest absolute Gasteiger partial charge is 0.270 e. The number of halogens is 4. The summed E-state index contributed by atoms with van der Waals surface area (Å²) in [5, 5.41) is 5.73. The number of imidazole rings is 1. The zero-order valence-corrected chi connectivity index (χ0v) is 20.4. The predicted molar refractivity (Wildman–Crippen MR) is 133 cm³/mol. The molecule has 0 unspecified atom stereocenters. The molecule has 4 aromatic rings. The van der Waals surface area contributed by atoms with Crippen LogP contribution in [0.4, 0.5) is 30.5 Å². The summed E-state index contributed by atoms with van der Waals surface area (Å²) in [6.45, 7) is 4.58. The number of benzene rings is 3. The largest absolute Gasteiger partial charge is 0.486 e. The van der Waals surface area contributed by atoms with Crippen molar-refractivity contribution in [2.24, 2.45) is 0 Å². The first-order chi connectivity index (χ1) is 16.9. The molecule has 0 atom stereocenters. The lowest BCUT2D eigenvalue weighted by Gasteiger charge is -2.18. The molecule has 0 saturated heterocycles. The molecule has 36 heavy (non-hydrogen) atoms. The number of rotatable bonds is 5. The van der Waals surface area contributed by atoms with Gasteiger partial charge in [-0.05, 0) is 44.2 Å². The maximum Gasteiger partial charge on any atom is 0.270 e. The molecule has 1 aromatic heterocycles. The summed E-state index contributed by atoms with van der Waals surface area (Å²) in [6.07, 6.45) is 0.486. The van der Waals surface area contributed by atoms with Crippen LogP contribution in [0.2, 0.25) is 5.02 Å². The summed E-state index contributed by atoms with van der Waals surface area (Å²) in [5.74, 6) is -3.51. The molecule has 5 rings (SSSR count). The molecule has 3 aromatic carbocycles. The Labute approximate surface area is 209 Å². The number of fused-ring (bicyclic) bond motifs is 3. The van der Waals surface area contributed by atoms with Crippen molar-refractivity contribution < 1.29 is 22.7 Å². The van der Waals surface area contributed by atoms with E-state index in [-0.39, 0.29) is 33.5 Å². The van der Waals surface area contributed by atoms with Crippen LogP contribution in [0.3, 0.4) is 0 Å². The number of aromatic nitrogens is 2. The van der Waals surface area contributed by atoms with Crippen LogP contribution >= 0.6 is 11.6 Å². The van der Waals surface area contributed by atoms with Gasteiger partial charge in [0.2, 0.25) is 5.95 Å². The Bertz CT molecular complexity index is 1490. The van der Waals surface area contributed by atoms with E-state index in [1.807, 2.05) is 13.8 Å². The molecule has 6 nitrogen and oxygen atoms in total. The Morgan fingerprint density at radius 2 is 1.94 bits per heavy atom. The molecule has 2 heterocycles. The van der Waals surface area contributed by atoms with E-state index < -0.39 is 23.2 Å². The first kappa shape index (κ1) is 24.0. The van der Waals surface area contributed by atoms with Crippen LogP contribution in [0, 0.1) is 5.82 Å². The number of para-hydroxylation sites is 1. The lowest BCUT2D eigenvalue weighted by Crippen LogP contribution is -2.25. The van der Waals surface area contributed by atoms with Gasteiger partial charge in [0.1, 0.15) is 17.2 Å². The number of hydrogen-bond donors (Lipinski definition) is 3. The molecule has 0 radical (unpaired) electrons. The number of carbonyl (C=O) groups is 1. The number of hydrogen-bond acceptors (Lipinski definition) is 4. The highest BCUT2D eigenvalue weighted by Gasteiger charge is 2.36. The maximum absolute atomic E-state index is 14.3. The van der Waals surface area contributed by atoms with Crippen molar-refractivity contribution in [1.82, 2.24) is 9.97 Å². The summed E-state index contributed by atoms with van der Waals surface area (Å²) < 4.78 is 47.9. The van der Waals surface area contributed by atoms with Crippen LogP contribution in [-0.4, -0.2) is 21.5 Å². The molecule has 10 heteroatoms. The van der Waals surface area contributed by atoms with Crippen molar-refractivity contribution >= 4 is 45.9 Å². The van der Waals surface area contributed by atoms with Crippen LogP contribution in [0.25, 0.3) is 11.0 Å². The zero-order chi connectivity index (χ0) is 25.8. The van der Waals surface area contributed by atoms with Gasteiger partial charge in [0.25, 0.3) is 11.8 Å². The maximum atomic E-state index is 14.3. The second-order valence-corrected chi connectivity index (χ2v) is 9.80. The highest BCUT2D eigenvalue weighted by atomic mass is 35.5. The molecule has 0 bridgehead atoms. The van der Waals surface area contributed by atoms with Crippen molar-refractivity contribution in [1.29, 1.82) is 0 Å².